The summed E-state index contributed by atoms with van der Waals surface area (Å²) in [6.45, 7) is -0.324. The first-order valence-electron chi connectivity index (χ1n) is 11.5. The van der Waals surface area contributed by atoms with Crippen LogP contribution in [0.2, 0.25) is 5.28 Å². The van der Waals surface area contributed by atoms with Crippen LogP contribution in [0.15, 0.2) is 48.8 Å². The number of hydrogen-bond donors (Lipinski definition) is 6. The Labute approximate surface area is 225 Å². The number of rotatable bonds is 9. The van der Waals surface area contributed by atoms with Gasteiger partial charge in [-0.15, -0.1) is 0 Å². The molecule has 14 nitrogen and oxygen atoms in total. The number of anilines is 1. The van der Waals surface area contributed by atoms with E-state index >= 15 is 0 Å². The lowest BCUT2D eigenvalue weighted by Crippen LogP contribution is -2.33. The molecule has 2 aromatic carbocycles. The molecule has 17 heteroatoms. The predicted octanol–water partition coefficient (Wildman–Crippen LogP) is 2.20. The van der Waals surface area contributed by atoms with E-state index in [1.165, 1.54) is 10.9 Å². The van der Waals surface area contributed by atoms with E-state index in [0.717, 1.165) is 16.3 Å². The first-order chi connectivity index (χ1) is 18.4. The van der Waals surface area contributed by atoms with Crippen LogP contribution in [0.25, 0.3) is 21.9 Å². The van der Waals surface area contributed by atoms with E-state index in [4.69, 9.17) is 30.6 Å². The quantitative estimate of drug-likeness (QED) is 0.120. The lowest BCUT2D eigenvalue weighted by atomic mass is 10.0. The summed E-state index contributed by atoms with van der Waals surface area (Å²) in [6, 6.07) is 13.9. The lowest BCUT2D eigenvalue weighted by Gasteiger charge is -2.18. The average molecular weight is 600 g/mol. The van der Waals surface area contributed by atoms with Gasteiger partial charge in [-0.3, -0.25) is 13.7 Å². The van der Waals surface area contributed by atoms with Gasteiger partial charge in [0.05, 0.1) is 12.9 Å². The summed E-state index contributed by atoms with van der Waals surface area (Å²) in [7, 11) is -9.53. The zero-order chi connectivity index (χ0) is 27.9. The molecule has 0 spiro atoms. The zero-order valence-corrected chi connectivity index (χ0v) is 22.5. The molecule has 2 unspecified atom stereocenters. The zero-order valence-electron chi connectivity index (χ0n) is 20.0. The minimum Gasteiger partial charge on any atom is -0.387 e. The largest absolute Gasteiger partial charge is 0.387 e. The number of nitrogens with one attached hydrogen (secondary N) is 1. The molecule has 6 N–H and O–H groups in total. The molecular weight excluding hydrogens is 576 g/mol. The van der Waals surface area contributed by atoms with Crippen molar-refractivity contribution in [3.05, 3.63) is 59.6 Å². The van der Waals surface area contributed by atoms with E-state index in [0.29, 0.717) is 17.9 Å². The van der Waals surface area contributed by atoms with Gasteiger partial charge in [-0.25, -0.2) is 4.98 Å². The summed E-state index contributed by atoms with van der Waals surface area (Å²) < 4.78 is 34.8. The Morgan fingerprint density at radius 3 is 2.56 bits per heavy atom. The topological polar surface area (TPSA) is 209 Å². The van der Waals surface area contributed by atoms with Gasteiger partial charge in [0.15, 0.2) is 29.1 Å². The van der Waals surface area contributed by atoms with Crippen molar-refractivity contribution >= 4 is 54.5 Å². The second-order valence-corrected chi connectivity index (χ2v) is 13.3. The maximum absolute atomic E-state index is 12.0. The summed E-state index contributed by atoms with van der Waals surface area (Å²) in [6.07, 6.45) is -4.33. The van der Waals surface area contributed by atoms with Crippen LogP contribution in [0.5, 0.6) is 0 Å². The maximum Gasteiger partial charge on any atom is 0.340 e. The van der Waals surface area contributed by atoms with E-state index < -0.39 is 52.2 Å². The van der Waals surface area contributed by atoms with Gasteiger partial charge in [-0.2, -0.15) is 9.97 Å². The summed E-state index contributed by atoms with van der Waals surface area (Å²) >= 11 is 6.18. The van der Waals surface area contributed by atoms with Crippen LogP contribution < -0.4 is 5.32 Å². The van der Waals surface area contributed by atoms with Gasteiger partial charge >= 0.3 is 15.2 Å². The molecular formula is C22H24ClN5O9P2. The highest BCUT2D eigenvalue weighted by Crippen LogP contribution is 2.55. The number of ether oxygens (including phenoxy) is 1. The predicted molar refractivity (Wildman–Crippen MR) is 140 cm³/mol. The highest BCUT2D eigenvalue weighted by Gasteiger charge is 2.45. The Balaban J connectivity index is 1.36. The van der Waals surface area contributed by atoms with Crippen LogP contribution in [-0.4, -0.2) is 75.2 Å². The lowest BCUT2D eigenvalue weighted by molar-refractivity contribution is -0.0483. The highest BCUT2D eigenvalue weighted by molar-refractivity contribution is 7.70. The molecule has 5 rings (SSSR count). The number of aliphatic hydroxyl groups is 2. The summed E-state index contributed by atoms with van der Waals surface area (Å²) in [4.78, 5) is 40.3. The molecule has 5 atom stereocenters. The molecule has 39 heavy (non-hydrogen) atoms. The Kier molecular flexibility index (Phi) is 7.79. The number of aromatic nitrogens is 4. The Morgan fingerprint density at radius 2 is 1.79 bits per heavy atom. The molecule has 1 aliphatic heterocycles. The Bertz CT molecular complexity index is 1610. The second kappa shape index (κ2) is 10.8. The number of halogens is 1. The van der Waals surface area contributed by atoms with Crippen LogP contribution in [0.3, 0.4) is 0 Å². The fraction of sp³-hybridized carbons (Fsp3) is 0.318. The van der Waals surface area contributed by atoms with Crippen LogP contribution in [0.4, 0.5) is 5.82 Å². The van der Waals surface area contributed by atoms with Crippen LogP contribution in [-0.2, 0) is 24.9 Å². The van der Waals surface area contributed by atoms with E-state index in [9.17, 15) is 24.2 Å². The van der Waals surface area contributed by atoms with Crippen molar-refractivity contribution in [2.75, 3.05) is 17.8 Å². The van der Waals surface area contributed by atoms with Crippen molar-refractivity contribution in [3.8, 4) is 0 Å². The molecule has 1 aliphatic rings. The van der Waals surface area contributed by atoms with E-state index in [1.807, 2.05) is 42.5 Å². The summed E-state index contributed by atoms with van der Waals surface area (Å²) in [5.74, 6) is -1.08. The highest BCUT2D eigenvalue weighted by atomic mass is 35.5. The molecule has 3 heterocycles. The van der Waals surface area contributed by atoms with E-state index in [1.54, 1.807) is 0 Å². The fourth-order valence-electron chi connectivity index (χ4n) is 4.39. The number of hydrogen-bond acceptors (Lipinski definition) is 10. The third kappa shape index (κ3) is 6.16. The fourth-order valence-corrected chi connectivity index (χ4v) is 7.12. The SMILES string of the molecule is O=P(O)(O)CP(=O)(O)OC[C@H]1O[C@@H](n2cnc3c(NCc4cccc5ccccc45)nc(Cl)nc32)C(O)[C@H]1O. The first kappa shape index (κ1) is 28.1. The van der Waals surface area contributed by atoms with Gasteiger partial charge in [-0.1, -0.05) is 42.5 Å². The molecule has 0 saturated carbocycles. The number of nitrogens with zero attached hydrogens (tertiary/aromatic N) is 4. The van der Waals surface area contributed by atoms with E-state index in [2.05, 4.69) is 20.3 Å². The summed E-state index contributed by atoms with van der Waals surface area (Å²) in [5, 5.41) is 26.3. The molecule has 208 valence electrons. The van der Waals surface area contributed by atoms with Crippen molar-refractivity contribution in [2.45, 2.75) is 31.1 Å². The van der Waals surface area contributed by atoms with Gasteiger partial charge in [0.2, 0.25) is 5.28 Å². The van der Waals surface area contributed by atoms with Crippen molar-refractivity contribution in [1.82, 2.24) is 19.5 Å². The van der Waals surface area contributed by atoms with Crippen molar-refractivity contribution in [2.24, 2.45) is 0 Å². The monoisotopic (exact) mass is 599 g/mol. The minimum atomic E-state index is -4.84. The standard InChI is InChI=1S/C22H24ClN5O9P2/c23-22-26-19(24-8-13-6-3-5-12-4-1-2-7-14(12)13)16-20(27-22)28(10-25-16)21-18(30)17(29)15(37-21)9-36-39(34,35)11-38(31,32)33/h1-7,10,15,17-18,21,29-30H,8-9,11H2,(H,34,35)(H,24,26,27)(H2,31,32,33)/t15-,17+,18?,21-/m1/s1. The normalized spacial score (nSPS) is 23.3. The number of aliphatic hydroxyl groups excluding tert-OH is 2. The number of benzene rings is 2. The van der Waals surface area contributed by atoms with Gasteiger partial charge in [0, 0.05) is 6.54 Å². The molecule has 1 saturated heterocycles. The number of fused-ring (bicyclic) bond motifs is 2. The second-order valence-electron chi connectivity index (χ2n) is 8.94. The molecule has 0 bridgehead atoms. The van der Waals surface area contributed by atoms with Gasteiger partial charge in [0.25, 0.3) is 0 Å². The van der Waals surface area contributed by atoms with Gasteiger partial charge in [0.1, 0.15) is 18.3 Å². The van der Waals surface area contributed by atoms with Crippen LogP contribution >= 0.6 is 26.8 Å². The van der Waals surface area contributed by atoms with Crippen molar-refractivity contribution in [1.29, 1.82) is 0 Å². The van der Waals surface area contributed by atoms with Crippen molar-refractivity contribution in [3.63, 3.8) is 0 Å². The maximum atomic E-state index is 12.0. The van der Waals surface area contributed by atoms with Crippen LogP contribution in [0, 0.1) is 0 Å². The molecule has 2 aromatic heterocycles. The van der Waals surface area contributed by atoms with Gasteiger partial charge < -0.3 is 39.5 Å². The first-order valence-corrected chi connectivity index (χ1v) is 15.5. The number of imidazole rings is 1. The molecule has 0 aliphatic carbocycles. The molecule has 0 amide bonds. The van der Waals surface area contributed by atoms with Gasteiger partial charge in [-0.05, 0) is 27.9 Å². The smallest absolute Gasteiger partial charge is 0.340 e. The summed E-state index contributed by atoms with van der Waals surface area (Å²) in [5.41, 5.74) is 1.50. The minimum absolute atomic E-state index is 0.115. The third-order valence-corrected chi connectivity index (χ3v) is 9.76. The van der Waals surface area contributed by atoms with Crippen molar-refractivity contribution < 1.29 is 43.3 Å². The molecule has 1 fully saturated rings. The Hall–Kier alpha value is -2.48. The molecule has 0 radical (unpaired) electrons. The van der Waals surface area contributed by atoms with Crippen LogP contribution in [0.1, 0.15) is 11.8 Å². The third-order valence-electron chi connectivity index (χ3n) is 6.14. The Morgan fingerprint density at radius 1 is 1.05 bits per heavy atom. The molecule has 4 aromatic rings. The average Bonchev–Trinajstić information content (AvgIpc) is 3.40. The van der Waals surface area contributed by atoms with E-state index in [-0.39, 0.29) is 10.9 Å².